The van der Waals surface area contributed by atoms with Crippen molar-refractivity contribution in [3.8, 4) is 0 Å². The van der Waals surface area contributed by atoms with Crippen molar-refractivity contribution >= 4 is 17.8 Å². The Morgan fingerprint density at radius 2 is 2.22 bits per heavy atom. The zero-order valence-corrected chi connectivity index (χ0v) is 14.3. The van der Waals surface area contributed by atoms with E-state index in [1.807, 2.05) is 10.9 Å². The van der Waals surface area contributed by atoms with E-state index in [9.17, 15) is 4.79 Å². The maximum atomic E-state index is 10.7. The van der Waals surface area contributed by atoms with Gasteiger partial charge < -0.3 is 11.1 Å². The van der Waals surface area contributed by atoms with Crippen molar-refractivity contribution in [2.24, 2.45) is 11.7 Å². The van der Waals surface area contributed by atoms with E-state index >= 15 is 0 Å². The number of hydrogen-bond acceptors (Lipinski definition) is 5. The number of primary amides is 1. The monoisotopic (exact) mass is 338 g/mol. The molecular weight excluding hydrogens is 312 g/mol. The molecule has 128 valence electrons. The van der Waals surface area contributed by atoms with E-state index in [2.05, 4.69) is 32.3 Å². The summed E-state index contributed by atoms with van der Waals surface area (Å²) in [7, 11) is 0. The topological polar surface area (TPSA) is 89.1 Å². The predicted octanol–water partition coefficient (Wildman–Crippen LogP) is 1.05. The van der Waals surface area contributed by atoms with E-state index < -0.39 is 6.03 Å². The average Bonchev–Trinajstić information content (AvgIpc) is 3.01. The van der Waals surface area contributed by atoms with Gasteiger partial charge >= 0.3 is 6.03 Å². The number of thioether (sulfide) groups is 1. The van der Waals surface area contributed by atoms with E-state index in [4.69, 9.17) is 5.73 Å². The zero-order chi connectivity index (χ0) is 16.1. The molecule has 0 aromatic carbocycles. The predicted molar refractivity (Wildman–Crippen MR) is 91.1 cm³/mol. The molecule has 1 aromatic rings. The third kappa shape index (κ3) is 4.84. The Bertz CT molecular complexity index is 516. The molecule has 3 N–H and O–H groups in total. The highest BCUT2D eigenvalue weighted by atomic mass is 32.2. The summed E-state index contributed by atoms with van der Waals surface area (Å²) in [5, 5.41) is 10.8. The van der Waals surface area contributed by atoms with Gasteiger partial charge in [0, 0.05) is 19.1 Å². The van der Waals surface area contributed by atoms with Crippen LogP contribution in [0, 0.1) is 5.92 Å². The lowest BCUT2D eigenvalue weighted by Gasteiger charge is -2.39. The van der Waals surface area contributed by atoms with Crippen LogP contribution in [-0.4, -0.2) is 56.6 Å². The Labute approximate surface area is 141 Å². The maximum absolute atomic E-state index is 10.7. The number of nitrogens with zero attached hydrogens (tertiary/aromatic N) is 4. The van der Waals surface area contributed by atoms with Crippen molar-refractivity contribution in [2.75, 3.05) is 24.6 Å². The Hall–Kier alpha value is -1.28. The highest BCUT2D eigenvalue weighted by molar-refractivity contribution is 7.99. The van der Waals surface area contributed by atoms with Crippen LogP contribution in [0.2, 0.25) is 0 Å². The molecule has 1 atom stereocenters. The van der Waals surface area contributed by atoms with Crippen LogP contribution in [0.3, 0.4) is 0 Å². The van der Waals surface area contributed by atoms with E-state index in [-0.39, 0.29) is 0 Å². The van der Waals surface area contributed by atoms with Gasteiger partial charge in [-0.2, -0.15) is 11.8 Å². The van der Waals surface area contributed by atoms with E-state index in [0.717, 1.165) is 18.3 Å². The number of hydrogen-bond donors (Lipinski definition) is 2. The molecule has 2 amide bonds. The van der Waals surface area contributed by atoms with Crippen LogP contribution in [0.25, 0.3) is 0 Å². The number of carbonyl (C=O) groups excluding carboxylic acids is 1. The van der Waals surface area contributed by atoms with Gasteiger partial charge in [0.15, 0.2) is 0 Å². The van der Waals surface area contributed by atoms with Gasteiger partial charge in [0.25, 0.3) is 0 Å². The Morgan fingerprint density at radius 3 is 3.00 bits per heavy atom. The second-order valence-electron chi connectivity index (χ2n) is 6.50. The van der Waals surface area contributed by atoms with E-state index in [0.29, 0.717) is 12.5 Å². The highest BCUT2D eigenvalue weighted by Gasteiger charge is 2.27. The fourth-order valence-electron chi connectivity index (χ4n) is 3.58. The third-order valence-corrected chi connectivity index (χ3v) is 5.78. The van der Waals surface area contributed by atoms with Crippen molar-refractivity contribution in [1.29, 1.82) is 0 Å². The number of aromatic nitrogens is 3. The minimum absolute atomic E-state index is 0.339. The Morgan fingerprint density at radius 1 is 1.39 bits per heavy atom. The molecule has 3 rings (SSSR count). The van der Waals surface area contributed by atoms with Crippen LogP contribution >= 0.6 is 11.8 Å². The summed E-state index contributed by atoms with van der Waals surface area (Å²) in [6.07, 6.45) is 7.12. The summed E-state index contributed by atoms with van der Waals surface area (Å²) in [5.41, 5.74) is 5.82. The lowest BCUT2D eigenvalue weighted by atomic mass is 9.95. The average molecular weight is 338 g/mol. The maximum Gasteiger partial charge on any atom is 0.312 e. The molecule has 8 heteroatoms. The van der Waals surface area contributed by atoms with Crippen molar-refractivity contribution in [3.63, 3.8) is 0 Å². The molecule has 0 aliphatic carbocycles. The van der Waals surface area contributed by atoms with Gasteiger partial charge in [-0.1, -0.05) is 5.21 Å². The Balaban J connectivity index is 1.50. The molecule has 0 bridgehead atoms. The number of piperidine rings is 1. The van der Waals surface area contributed by atoms with Gasteiger partial charge in [-0.3, -0.25) is 9.58 Å². The first-order valence-corrected chi connectivity index (χ1v) is 9.60. The summed E-state index contributed by atoms with van der Waals surface area (Å²) >= 11 is 2.09. The molecule has 1 unspecified atom stereocenters. The van der Waals surface area contributed by atoms with Crippen molar-refractivity contribution < 1.29 is 4.79 Å². The van der Waals surface area contributed by atoms with E-state index in [1.165, 1.54) is 50.3 Å². The molecule has 0 saturated carbocycles. The third-order valence-electron chi connectivity index (χ3n) is 4.73. The van der Waals surface area contributed by atoms with Crippen molar-refractivity contribution in [1.82, 2.24) is 25.2 Å². The standard InChI is InChI=1S/C15H26N6OS/c16-15(22)17-8-13-11-21(19-18-13)10-12-2-1-5-20(9-12)14-3-6-23-7-4-14/h11-12,14H,1-10H2,(H3,16,17,22). The molecule has 23 heavy (non-hydrogen) atoms. The van der Waals surface area contributed by atoms with Gasteiger partial charge in [0.2, 0.25) is 0 Å². The number of rotatable bonds is 5. The molecule has 1 aromatic heterocycles. The SMILES string of the molecule is NC(=O)NCc1cn(CC2CCCN(C3CCSCC3)C2)nn1. The number of likely N-dealkylation sites (tertiary alicyclic amines) is 1. The second kappa shape index (κ2) is 8.01. The number of carbonyl (C=O) groups is 1. The molecule has 7 nitrogen and oxygen atoms in total. The van der Waals surface area contributed by atoms with Gasteiger partial charge in [-0.05, 0) is 49.7 Å². The van der Waals surface area contributed by atoms with Crippen LogP contribution in [0.15, 0.2) is 6.20 Å². The van der Waals surface area contributed by atoms with E-state index in [1.54, 1.807) is 0 Å². The summed E-state index contributed by atoms with van der Waals surface area (Å²) in [6.45, 7) is 3.66. The fourth-order valence-corrected chi connectivity index (χ4v) is 4.66. The first-order valence-electron chi connectivity index (χ1n) is 8.45. The minimum Gasteiger partial charge on any atom is -0.352 e. The Kier molecular flexibility index (Phi) is 5.77. The lowest BCUT2D eigenvalue weighted by molar-refractivity contribution is 0.107. The minimum atomic E-state index is -0.534. The quantitative estimate of drug-likeness (QED) is 0.838. The van der Waals surface area contributed by atoms with Crippen LogP contribution < -0.4 is 11.1 Å². The fraction of sp³-hybridized carbons (Fsp3) is 0.800. The first kappa shape index (κ1) is 16.6. The molecule has 0 spiro atoms. The molecule has 2 aliphatic rings. The molecule has 0 radical (unpaired) electrons. The molecular formula is C15H26N6OS. The summed E-state index contributed by atoms with van der Waals surface area (Å²) < 4.78 is 1.91. The number of nitrogens with two attached hydrogens (primary N) is 1. The number of amides is 2. The second-order valence-corrected chi connectivity index (χ2v) is 7.72. The number of urea groups is 1. The van der Waals surface area contributed by atoms with Crippen LogP contribution in [0.4, 0.5) is 4.79 Å². The van der Waals surface area contributed by atoms with Gasteiger partial charge in [-0.25, -0.2) is 4.79 Å². The van der Waals surface area contributed by atoms with Gasteiger partial charge in [0.05, 0.1) is 12.7 Å². The van der Waals surface area contributed by atoms with Crippen LogP contribution in [0.1, 0.15) is 31.4 Å². The molecule has 2 saturated heterocycles. The zero-order valence-electron chi connectivity index (χ0n) is 13.5. The van der Waals surface area contributed by atoms with Crippen LogP contribution in [-0.2, 0) is 13.1 Å². The van der Waals surface area contributed by atoms with Gasteiger partial charge in [-0.15, -0.1) is 5.10 Å². The summed E-state index contributed by atoms with van der Waals surface area (Å²) in [4.78, 5) is 13.4. The molecule has 3 heterocycles. The smallest absolute Gasteiger partial charge is 0.312 e. The van der Waals surface area contributed by atoms with Crippen molar-refractivity contribution in [3.05, 3.63) is 11.9 Å². The molecule has 2 fully saturated rings. The number of nitrogens with one attached hydrogen (secondary N) is 1. The first-order chi connectivity index (χ1) is 11.2. The molecule has 2 aliphatic heterocycles. The summed E-state index contributed by atoms with van der Waals surface area (Å²) in [6, 6.07) is 0.248. The lowest BCUT2D eigenvalue weighted by Crippen LogP contribution is -2.45. The largest absolute Gasteiger partial charge is 0.352 e. The highest BCUT2D eigenvalue weighted by Crippen LogP contribution is 2.27. The van der Waals surface area contributed by atoms with Crippen molar-refractivity contribution in [2.45, 2.75) is 44.8 Å². The summed E-state index contributed by atoms with van der Waals surface area (Å²) in [5.74, 6) is 3.26. The normalized spacial score (nSPS) is 23.7. The van der Waals surface area contributed by atoms with Crippen LogP contribution in [0.5, 0.6) is 0 Å². The van der Waals surface area contributed by atoms with Gasteiger partial charge in [0.1, 0.15) is 5.69 Å².